The van der Waals surface area contributed by atoms with Gasteiger partial charge >= 0.3 is 6.61 Å². The highest BCUT2D eigenvalue weighted by molar-refractivity contribution is 5.30. The summed E-state index contributed by atoms with van der Waals surface area (Å²) in [5.74, 6) is 1.38. The molecule has 2 nitrogen and oxygen atoms in total. The van der Waals surface area contributed by atoms with E-state index < -0.39 is 6.61 Å². The van der Waals surface area contributed by atoms with E-state index in [-0.39, 0.29) is 11.8 Å². The summed E-state index contributed by atoms with van der Waals surface area (Å²) in [4.78, 5) is 0. The number of hydrogen-bond donors (Lipinski definition) is 1. The molecule has 2 rings (SSSR count). The van der Waals surface area contributed by atoms with Crippen molar-refractivity contribution in [3.05, 3.63) is 29.8 Å². The van der Waals surface area contributed by atoms with Crippen LogP contribution in [0, 0.1) is 11.8 Å². The van der Waals surface area contributed by atoms with Gasteiger partial charge in [0.2, 0.25) is 0 Å². The first-order chi connectivity index (χ1) is 9.60. The smallest absolute Gasteiger partial charge is 0.387 e. The lowest BCUT2D eigenvalue weighted by Gasteiger charge is -2.32. The minimum absolute atomic E-state index is 0.0921. The molecule has 3 unspecified atom stereocenters. The summed E-state index contributed by atoms with van der Waals surface area (Å²) in [6, 6.07) is 6.72. The maximum Gasteiger partial charge on any atom is 0.387 e. The molecular formula is C16H23F2NO. The highest BCUT2D eigenvalue weighted by Crippen LogP contribution is 2.37. The van der Waals surface area contributed by atoms with E-state index in [4.69, 9.17) is 5.73 Å². The van der Waals surface area contributed by atoms with Crippen molar-refractivity contribution in [1.82, 2.24) is 0 Å². The van der Waals surface area contributed by atoms with Gasteiger partial charge in [-0.05, 0) is 42.4 Å². The van der Waals surface area contributed by atoms with Crippen molar-refractivity contribution in [2.24, 2.45) is 17.6 Å². The largest absolute Gasteiger partial charge is 0.435 e. The minimum atomic E-state index is -2.79. The Labute approximate surface area is 119 Å². The molecule has 1 aromatic carbocycles. The lowest BCUT2D eigenvalue weighted by Crippen LogP contribution is -2.26. The van der Waals surface area contributed by atoms with Gasteiger partial charge in [-0.2, -0.15) is 8.78 Å². The molecule has 3 atom stereocenters. The normalized spacial score (nSPS) is 24.6. The average Bonchev–Trinajstić information content (AvgIpc) is 2.46. The van der Waals surface area contributed by atoms with Crippen LogP contribution in [-0.4, -0.2) is 6.61 Å². The molecule has 0 bridgehead atoms. The molecule has 4 heteroatoms. The van der Waals surface area contributed by atoms with Crippen molar-refractivity contribution < 1.29 is 13.5 Å². The van der Waals surface area contributed by atoms with Crippen molar-refractivity contribution in [3.63, 3.8) is 0 Å². The fourth-order valence-electron chi connectivity index (χ4n) is 3.20. The van der Waals surface area contributed by atoms with E-state index in [2.05, 4.69) is 11.7 Å². The Hall–Kier alpha value is -1.16. The van der Waals surface area contributed by atoms with Gasteiger partial charge in [0.15, 0.2) is 0 Å². The van der Waals surface area contributed by atoms with Gasteiger partial charge < -0.3 is 10.5 Å². The first-order valence-electron chi connectivity index (χ1n) is 7.40. The van der Waals surface area contributed by atoms with Gasteiger partial charge in [0.25, 0.3) is 0 Å². The van der Waals surface area contributed by atoms with Crippen molar-refractivity contribution in [3.8, 4) is 5.75 Å². The summed E-state index contributed by atoms with van der Waals surface area (Å²) in [6.45, 7) is -0.573. The Bertz CT molecular complexity index is 425. The molecule has 1 aliphatic rings. The van der Waals surface area contributed by atoms with Crippen molar-refractivity contribution in [1.29, 1.82) is 0 Å². The second kappa shape index (κ2) is 7.02. The van der Waals surface area contributed by atoms with Gasteiger partial charge in [0.1, 0.15) is 5.75 Å². The highest BCUT2D eigenvalue weighted by Gasteiger charge is 2.26. The summed E-state index contributed by atoms with van der Waals surface area (Å²) in [5.41, 5.74) is 7.24. The van der Waals surface area contributed by atoms with Crippen LogP contribution >= 0.6 is 0 Å². The fraction of sp³-hybridized carbons (Fsp3) is 0.625. The zero-order chi connectivity index (χ0) is 14.5. The number of alkyl halides is 2. The van der Waals surface area contributed by atoms with E-state index in [1.807, 2.05) is 6.07 Å². The fourth-order valence-corrected chi connectivity index (χ4v) is 3.20. The Morgan fingerprint density at radius 2 is 2.15 bits per heavy atom. The number of rotatable bonds is 5. The summed E-state index contributed by atoms with van der Waals surface area (Å²) in [5, 5.41) is 0. The highest BCUT2D eigenvalue weighted by atomic mass is 19.3. The molecule has 0 aliphatic heterocycles. The molecule has 2 N–H and O–H groups in total. The van der Waals surface area contributed by atoms with Crippen LogP contribution in [0.3, 0.4) is 0 Å². The first kappa shape index (κ1) is 15.2. The molecule has 1 saturated carbocycles. The molecule has 0 saturated heterocycles. The summed E-state index contributed by atoms with van der Waals surface area (Å²) < 4.78 is 28.9. The Morgan fingerprint density at radius 3 is 2.85 bits per heavy atom. The minimum Gasteiger partial charge on any atom is -0.435 e. The maximum absolute atomic E-state index is 12.3. The van der Waals surface area contributed by atoms with E-state index in [0.29, 0.717) is 5.92 Å². The molecule has 20 heavy (non-hydrogen) atoms. The van der Waals surface area contributed by atoms with E-state index in [1.165, 1.54) is 25.3 Å². The molecule has 0 spiro atoms. The van der Waals surface area contributed by atoms with Crippen LogP contribution in [0.5, 0.6) is 5.75 Å². The monoisotopic (exact) mass is 283 g/mol. The lowest BCUT2D eigenvalue weighted by atomic mass is 9.75. The Morgan fingerprint density at radius 1 is 1.35 bits per heavy atom. The van der Waals surface area contributed by atoms with Crippen molar-refractivity contribution in [2.75, 3.05) is 0 Å². The van der Waals surface area contributed by atoms with E-state index in [0.717, 1.165) is 24.3 Å². The molecule has 0 heterocycles. The third-order valence-corrected chi connectivity index (χ3v) is 4.38. The second-order valence-electron chi connectivity index (χ2n) is 5.68. The zero-order valence-electron chi connectivity index (χ0n) is 11.9. The Balaban J connectivity index is 2.06. The van der Waals surface area contributed by atoms with Crippen LogP contribution in [0.2, 0.25) is 0 Å². The summed E-state index contributed by atoms with van der Waals surface area (Å²) in [7, 11) is 0. The second-order valence-corrected chi connectivity index (χ2v) is 5.68. The van der Waals surface area contributed by atoms with Crippen LogP contribution < -0.4 is 10.5 Å². The van der Waals surface area contributed by atoms with Crippen LogP contribution in [0.25, 0.3) is 0 Å². The quantitative estimate of drug-likeness (QED) is 0.863. The van der Waals surface area contributed by atoms with Crippen LogP contribution in [-0.2, 0) is 0 Å². The van der Waals surface area contributed by atoms with Gasteiger partial charge in [0.05, 0.1) is 0 Å². The molecular weight excluding hydrogens is 260 g/mol. The standard InChI is InChI=1S/C16H23F2NO/c1-2-11-5-3-6-12(9-11)15(19)13-7-4-8-14(10-13)20-16(17)18/h4,7-8,10-12,15-16H,2-3,5-6,9,19H2,1H3. The van der Waals surface area contributed by atoms with E-state index in [9.17, 15) is 8.78 Å². The summed E-state index contributed by atoms with van der Waals surface area (Å²) >= 11 is 0. The van der Waals surface area contributed by atoms with E-state index >= 15 is 0 Å². The number of hydrogen-bond acceptors (Lipinski definition) is 2. The van der Waals surface area contributed by atoms with Crippen LogP contribution in [0.15, 0.2) is 24.3 Å². The molecule has 1 aliphatic carbocycles. The number of ether oxygens (including phenoxy) is 1. The number of benzene rings is 1. The maximum atomic E-state index is 12.3. The van der Waals surface area contributed by atoms with Gasteiger partial charge in [-0.25, -0.2) is 0 Å². The predicted octanol–water partition coefficient (Wildman–Crippen LogP) is 4.50. The van der Waals surface area contributed by atoms with Crippen molar-refractivity contribution >= 4 is 0 Å². The third kappa shape index (κ3) is 3.92. The van der Waals surface area contributed by atoms with Gasteiger partial charge in [0, 0.05) is 6.04 Å². The average molecular weight is 283 g/mol. The van der Waals surface area contributed by atoms with Gasteiger partial charge in [-0.1, -0.05) is 38.3 Å². The van der Waals surface area contributed by atoms with Gasteiger partial charge in [-0.3, -0.25) is 0 Å². The third-order valence-electron chi connectivity index (χ3n) is 4.38. The lowest BCUT2D eigenvalue weighted by molar-refractivity contribution is -0.0499. The van der Waals surface area contributed by atoms with Gasteiger partial charge in [-0.15, -0.1) is 0 Å². The molecule has 0 radical (unpaired) electrons. The summed E-state index contributed by atoms with van der Waals surface area (Å²) in [6.07, 6.45) is 5.95. The first-order valence-corrected chi connectivity index (χ1v) is 7.40. The Kier molecular flexibility index (Phi) is 5.35. The van der Waals surface area contributed by atoms with Crippen molar-refractivity contribution in [2.45, 2.75) is 51.7 Å². The predicted molar refractivity (Wildman–Crippen MR) is 75.7 cm³/mol. The molecule has 112 valence electrons. The van der Waals surface area contributed by atoms with Crippen LogP contribution in [0.4, 0.5) is 8.78 Å². The number of halogens is 2. The topological polar surface area (TPSA) is 35.2 Å². The SMILES string of the molecule is CCC1CCCC(C(N)c2cccc(OC(F)F)c2)C1. The molecule has 1 aromatic rings. The zero-order valence-corrected chi connectivity index (χ0v) is 11.9. The molecule has 0 aromatic heterocycles. The molecule has 0 amide bonds. The van der Waals surface area contributed by atoms with E-state index in [1.54, 1.807) is 12.1 Å². The molecule has 1 fully saturated rings. The number of nitrogens with two attached hydrogens (primary N) is 1. The van der Waals surface area contributed by atoms with Crippen LogP contribution in [0.1, 0.15) is 50.6 Å².